The Labute approximate surface area is 122 Å². The third-order valence-corrected chi connectivity index (χ3v) is 3.73. The summed E-state index contributed by atoms with van der Waals surface area (Å²) in [6.07, 6.45) is 1.43. The number of carbonyl (C=O) groups excluding carboxylic acids is 1. The zero-order chi connectivity index (χ0) is 13.8. The van der Waals surface area contributed by atoms with Crippen LogP contribution in [0.25, 0.3) is 0 Å². The van der Waals surface area contributed by atoms with Gasteiger partial charge >= 0.3 is 0 Å². The van der Waals surface area contributed by atoms with Crippen molar-refractivity contribution in [2.24, 2.45) is 5.73 Å². The molecule has 0 aromatic heterocycles. The zero-order valence-electron chi connectivity index (χ0n) is 10.5. The van der Waals surface area contributed by atoms with E-state index in [-0.39, 0.29) is 11.9 Å². The third kappa shape index (κ3) is 4.35. The number of nitrogens with one attached hydrogen (secondary N) is 1. The molecule has 1 heterocycles. The van der Waals surface area contributed by atoms with Crippen molar-refractivity contribution >= 4 is 34.8 Å². The van der Waals surface area contributed by atoms with Gasteiger partial charge in [0.25, 0.3) is 0 Å². The van der Waals surface area contributed by atoms with Crippen LogP contribution in [0.4, 0.5) is 5.69 Å². The minimum atomic E-state index is -0.0651. The molecule has 0 bridgehead atoms. The summed E-state index contributed by atoms with van der Waals surface area (Å²) in [6.45, 7) is 2.55. The van der Waals surface area contributed by atoms with Gasteiger partial charge in [0.1, 0.15) is 0 Å². The predicted octanol–water partition coefficient (Wildman–Crippen LogP) is 2.36. The van der Waals surface area contributed by atoms with Crippen LogP contribution < -0.4 is 11.1 Å². The zero-order valence-corrected chi connectivity index (χ0v) is 12.0. The highest BCUT2D eigenvalue weighted by atomic mass is 35.5. The number of anilines is 1. The summed E-state index contributed by atoms with van der Waals surface area (Å²) in [5.41, 5.74) is 6.37. The van der Waals surface area contributed by atoms with E-state index in [0.717, 1.165) is 26.1 Å². The number of rotatable bonds is 4. The second-order valence-electron chi connectivity index (χ2n) is 4.77. The lowest BCUT2D eigenvalue weighted by Gasteiger charge is -2.15. The van der Waals surface area contributed by atoms with Crippen LogP contribution in [-0.4, -0.2) is 36.5 Å². The molecule has 1 aliphatic rings. The van der Waals surface area contributed by atoms with Crippen molar-refractivity contribution < 1.29 is 4.79 Å². The van der Waals surface area contributed by atoms with Gasteiger partial charge in [0, 0.05) is 30.6 Å². The van der Waals surface area contributed by atoms with Crippen LogP contribution in [0.5, 0.6) is 0 Å². The molecule has 2 rings (SSSR count). The maximum absolute atomic E-state index is 11.8. The number of hydrogen-bond donors (Lipinski definition) is 2. The second-order valence-corrected chi connectivity index (χ2v) is 5.62. The fraction of sp³-hybridized carbons (Fsp3) is 0.462. The van der Waals surface area contributed by atoms with Gasteiger partial charge in [-0.2, -0.15) is 0 Å². The molecule has 6 heteroatoms. The van der Waals surface area contributed by atoms with E-state index in [2.05, 4.69) is 10.2 Å². The average Bonchev–Trinajstić information content (AvgIpc) is 2.77. The fourth-order valence-electron chi connectivity index (χ4n) is 2.13. The molecule has 0 saturated carbocycles. The minimum absolute atomic E-state index is 0.0651. The number of amides is 1. The molecule has 0 radical (unpaired) electrons. The van der Waals surface area contributed by atoms with Crippen LogP contribution in [0.1, 0.15) is 12.8 Å². The van der Waals surface area contributed by atoms with Gasteiger partial charge in [-0.1, -0.05) is 23.2 Å². The Hall–Kier alpha value is -0.810. The molecule has 1 aromatic rings. The number of nitrogens with zero attached hydrogens (tertiary/aromatic N) is 1. The molecule has 0 aliphatic carbocycles. The molecule has 1 saturated heterocycles. The van der Waals surface area contributed by atoms with Gasteiger partial charge in [-0.15, -0.1) is 0 Å². The first kappa shape index (κ1) is 14.6. The Morgan fingerprint density at radius 3 is 2.95 bits per heavy atom. The molecule has 3 N–H and O–H groups in total. The molecule has 0 spiro atoms. The maximum Gasteiger partial charge on any atom is 0.225 e. The summed E-state index contributed by atoms with van der Waals surface area (Å²) in [7, 11) is 0. The Bertz CT molecular complexity index is 467. The number of likely N-dealkylation sites (tertiary alicyclic amines) is 1. The average molecular weight is 302 g/mol. The summed E-state index contributed by atoms with van der Waals surface area (Å²) in [4.78, 5) is 14.0. The smallest absolute Gasteiger partial charge is 0.225 e. The first-order chi connectivity index (χ1) is 9.04. The quantitative estimate of drug-likeness (QED) is 0.897. The molecule has 1 aliphatic heterocycles. The Kier molecular flexibility index (Phi) is 5.05. The molecule has 104 valence electrons. The number of benzene rings is 1. The number of hydrogen-bond acceptors (Lipinski definition) is 3. The van der Waals surface area contributed by atoms with E-state index in [4.69, 9.17) is 28.9 Å². The molecule has 1 fully saturated rings. The molecular formula is C13H17Cl2N3O. The largest absolute Gasteiger partial charge is 0.326 e. The lowest BCUT2D eigenvalue weighted by Crippen LogP contribution is -2.29. The van der Waals surface area contributed by atoms with E-state index in [0.29, 0.717) is 22.2 Å². The van der Waals surface area contributed by atoms with Gasteiger partial charge in [0.15, 0.2) is 0 Å². The van der Waals surface area contributed by atoms with E-state index >= 15 is 0 Å². The molecule has 4 nitrogen and oxygen atoms in total. The van der Waals surface area contributed by atoms with Gasteiger partial charge in [-0.05, 0) is 31.2 Å². The van der Waals surface area contributed by atoms with Gasteiger partial charge in [-0.3, -0.25) is 4.79 Å². The standard InChI is InChI=1S/C13H17Cl2N3O/c14-9-1-2-11(15)12(7-9)17-13(19)4-6-18-5-3-10(16)8-18/h1-2,7,10H,3-6,8,16H2,(H,17,19). The van der Waals surface area contributed by atoms with E-state index in [1.165, 1.54) is 0 Å². The van der Waals surface area contributed by atoms with Crippen molar-refractivity contribution in [2.45, 2.75) is 18.9 Å². The lowest BCUT2D eigenvalue weighted by molar-refractivity contribution is -0.116. The molecular weight excluding hydrogens is 285 g/mol. The van der Waals surface area contributed by atoms with E-state index in [1.54, 1.807) is 18.2 Å². The Morgan fingerprint density at radius 1 is 1.47 bits per heavy atom. The van der Waals surface area contributed by atoms with Crippen LogP contribution in [-0.2, 0) is 4.79 Å². The van der Waals surface area contributed by atoms with Crippen LogP contribution in [0.15, 0.2) is 18.2 Å². The van der Waals surface area contributed by atoms with Gasteiger partial charge in [0.2, 0.25) is 5.91 Å². The maximum atomic E-state index is 11.8. The van der Waals surface area contributed by atoms with Crippen LogP contribution in [0, 0.1) is 0 Å². The van der Waals surface area contributed by atoms with Crippen molar-refractivity contribution in [3.05, 3.63) is 28.2 Å². The van der Waals surface area contributed by atoms with Crippen LogP contribution in [0.2, 0.25) is 10.0 Å². The molecule has 1 aromatic carbocycles. The monoisotopic (exact) mass is 301 g/mol. The molecule has 1 amide bonds. The van der Waals surface area contributed by atoms with E-state index in [1.807, 2.05) is 0 Å². The predicted molar refractivity (Wildman–Crippen MR) is 78.7 cm³/mol. The summed E-state index contributed by atoms with van der Waals surface area (Å²) in [6, 6.07) is 5.24. The number of carbonyl (C=O) groups is 1. The summed E-state index contributed by atoms with van der Waals surface area (Å²) in [5, 5.41) is 3.81. The molecule has 1 atom stereocenters. The normalized spacial score (nSPS) is 19.6. The summed E-state index contributed by atoms with van der Waals surface area (Å²) >= 11 is 11.9. The van der Waals surface area contributed by atoms with Crippen LogP contribution >= 0.6 is 23.2 Å². The molecule has 1 unspecified atom stereocenters. The van der Waals surface area contributed by atoms with Gasteiger partial charge in [-0.25, -0.2) is 0 Å². The Balaban J connectivity index is 1.82. The SMILES string of the molecule is NC1CCN(CCC(=O)Nc2cc(Cl)ccc2Cl)C1. The fourth-order valence-corrected chi connectivity index (χ4v) is 2.47. The summed E-state index contributed by atoms with van der Waals surface area (Å²) in [5.74, 6) is -0.0651. The van der Waals surface area contributed by atoms with Crippen LogP contribution in [0.3, 0.4) is 0 Å². The second kappa shape index (κ2) is 6.57. The van der Waals surface area contributed by atoms with Gasteiger partial charge < -0.3 is 16.0 Å². The highest BCUT2D eigenvalue weighted by Gasteiger charge is 2.19. The topological polar surface area (TPSA) is 58.4 Å². The Morgan fingerprint density at radius 2 is 2.26 bits per heavy atom. The number of halogens is 2. The molecule has 19 heavy (non-hydrogen) atoms. The van der Waals surface area contributed by atoms with Crippen molar-refractivity contribution in [1.29, 1.82) is 0 Å². The highest BCUT2D eigenvalue weighted by Crippen LogP contribution is 2.25. The minimum Gasteiger partial charge on any atom is -0.326 e. The van der Waals surface area contributed by atoms with E-state index < -0.39 is 0 Å². The first-order valence-corrected chi connectivity index (χ1v) is 7.03. The first-order valence-electron chi connectivity index (χ1n) is 6.27. The van der Waals surface area contributed by atoms with Crippen molar-refractivity contribution in [1.82, 2.24) is 4.90 Å². The lowest BCUT2D eigenvalue weighted by atomic mass is 10.3. The van der Waals surface area contributed by atoms with Crippen molar-refractivity contribution in [2.75, 3.05) is 25.0 Å². The van der Waals surface area contributed by atoms with Crippen molar-refractivity contribution in [3.63, 3.8) is 0 Å². The summed E-state index contributed by atoms with van der Waals surface area (Å²) < 4.78 is 0. The number of nitrogens with two attached hydrogens (primary N) is 1. The van der Waals surface area contributed by atoms with Gasteiger partial charge in [0.05, 0.1) is 10.7 Å². The van der Waals surface area contributed by atoms with E-state index in [9.17, 15) is 4.79 Å². The van der Waals surface area contributed by atoms with Crippen molar-refractivity contribution in [3.8, 4) is 0 Å². The highest BCUT2D eigenvalue weighted by molar-refractivity contribution is 6.35. The third-order valence-electron chi connectivity index (χ3n) is 3.17.